The van der Waals surface area contributed by atoms with Gasteiger partial charge in [0.2, 0.25) is 0 Å². The summed E-state index contributed by atoms with van der Waals surface area (Å²) < 4.78 is 8.00. The maximum absolute atomic E-state index is 6.01. The molecule has 106 valence electrons. The molecule has 0 radical (unpaired) electrons. The van der Waals surface area contributed by atoms with Gasteiger partial charge in [0.15, 0.2) is 0 Å². The van der Waals surface area contributed by atoms with Crippen LogP contribution in [0.1, 0.15) is 35.8 Å². The second kappa shape index (κ2) is 5.67. The predicted molar refractivity (Wildman–Crippen MR) is 78.7 cm³/mol. The quantitative estimate of drug-likeness (QED) is 0.929. The lowest BCUT2D eigenvalue weighted by molar-refractivity contribution is 0.286. The monoisotopic (exact) mass is 271 g/mol. The maximum atomic E-state index is 6.01. The summed E-state index contributed by atoms with van der Waals surface area (Å²) in [6.45, 7) is 0.518. The Bertz CT molecular complexity index is 591. The topological polar surface area (TPSA) is 39.1 Å². The molecule has 2 aromatic rings. The fourth-order valence-electron chi connectivity index (χ4n) is 2.93. The van der Waals surface area contributed by atoms with Crippen LogP contribution in [-0.4, -0.2) is 16.6 Å². The number of ether oxygens (including phenoxy) is 1. The molecule has 1 aliphatic rings. The van der Waals surface area contributed by atoms with E-state index in [2.05, 4.69) is 28.5 Å². The molecule has 1 aliphatic carbocycles. The van der Waals surface area contributed by atoms with Gasteiger partial charge in [0, 0.05) is 25.5 Å². The van der Waals surface area contributed by atoms with E-state index in [1.165, 1.54) is 24.0 Å². The van der Waals surface area contributed by atoms with Crippen molar-refractivity contribution in [2.75, 3.05) is 7.05 Å². The lowest BCUT2D eigenvalue weighted by Crippen LogP contribution is -2.22. The van der Waals surface area contributed by atoms with Crippen molar-refractivity contribution < 1.29 is 4.74 Å². The zero-order valence-electron chi connectivity index (χ0n) is 12.1. The highest BCUT2D eigenvalue weighted by molar-refractivity contribution is 5.43. The van der Waals surface area contributed by atoms with E-state index in [0.29, 0.717) is 12.6 Å². The number of imidazole rings is 1. The minimum absolute atomic E-state index is 0.454. The molecule has 4 nitrogen and oxygen atoms in total. The molecular formula is C16H21N3O. The fraction of sp³-hybridized carbons (Fsp3) is 0.438. The van der Waals surface area contributed by atoms with Crippen molar-refractivity contribution in [1.29, 1.82) is 0 Å². The molecule has 0 amide bonds. The Labute approximate surface area is 119 Å². The van der Waals surface area contributed by atoms with Crippen LogP contribution in [0.2, 0.25) is 0 Å². The van der Waals surface area contributed by atoms with Gasteiger partial charge in [-0.05, 0) is 43.5 Å². The van der Waals surface area contributed by atoms with Crippen molar-refractivity contribution in [3.63, 3.8) is 0 Å². The predicted octanol–water partition coefficient (Wildman–Crippen LogP) is 2.60. The molecule has 1 unspecified atom stereocenters. The average Bonchev–Trinajstić information content (AvgIpc) is 2.89. The first-order chi connectivity index (χ1) is 9.79. The van der Waals surface area contributed by atoms with Crippen LogP contribution in [0.5, 0.6) is 5.75 Å². The lowest BCUT2D eigenvalue weighted by Gasteiger charge is -2.26. The normalized spacial score (nSPS) is 17.8. The Kier molecular flexibility index (Phi) is 3.74. The van der Waals surface area contributed by atoms with Crippen LogP contribution in [0.15, 0.2) is 30.6 Å². The Hall–Kier alpha value is -1.81. The molecule has 1 aromatic carbocycles. The molecular weight excluding hydrogens is 250 g/mol. The van der Waals surface area contributed by atoms with Crippen LogP contribution < -0.4 is 10.1 Å². The minimum atomic E-state index is 0.454. The summed E-state index contributed by atoms with van der Waals surface area (Å²) in [5, 5.41) is 3.39. The molecule has 0 spiro atoms. The van der Waals surface area contributed by atoms with E-state index in [4.69, 9.17) is 4.74 Å². The van der Waals surface area contributed by atoms with E-state index in [0.717, 1.165) is 18.0 Å². The van der Waals surface area contributed by atoms with Gasteiger partial charge in [0.25, 0.3) is 0 Å². The van der Waals surface area contributed by atoms with Crippen LogP contribution in [0.25, 0.3) is 0 Å². The van der Waals surface area contributed by atoms with Gasteiger partial charge in [-0.1, -0.05) is 12.1 Å². The summed E-state index contributed by atoms with van der Waals surface area (Å²) in [5.41, 5.74) is 2.74. The summed E-state index contributed by atoms with van der Waals surface area (Å²) in [7, 11) is 4.02. The molecule has 0 bridgehead atoms. The molecule has 0 saturated heterocycles. The number of nitrogens with zero attached hydrogens (tertiary/aromatic N) is 2. The van der Waals surface area contributed by atoms with Crippen molar-refractivity contribution in [2.24, 2.45) is 7.05 Å². The highest BCUT2D eigenvalue weighted by Gasteiger charge is 2.21. The minimum Gasteiger partial charge on any atom is -0.485 e. The second-order valence-corrected chi connectivity index (χ2v) is 5.30. The lowest BCUT2D eigenvalue weighted by atomic mass is 9.87. The van der Waals surface area contributed by atoms with E-state index >= 15 is 0 Å². The van der Waals surface area contributed by atoms with Gasteiger partial charge in [0.1, 0.15) is 18.2 Å². The first-order valence-electron chi connectivity index (χ1n) is 7.17. The van der Waals surface area contributed by atoms with E-state index in [1.807, 2.05) is 24.9 Å². The molecule has 1 heterocycles. The Morgan fingerprint density at radius 1 is 1.45 bits per heavy atom. The van der Waals surface area contributed by atoms with Gasteiger partial charge in [-0.25, -0.2) is 4.98 Å². The largest absolute Gasteiger partial charge is 0.485 e. The van der Waals surface area contributed by atoms with Crippen molar-refractivity contribution in [1.82, 2.24) is 14.9 Å². The summed E-state index contributed by atoms with van der Waals surface area (Å²) in [4.78, 5) is 4.30. The Morgan fingerprint density at radius 2 is 2.35 bits per heavy atom. The summed E-state index contributed by atoms with van der Waals surface area (Å²) in [6, 6.07) is 6.82. The number of aryl methyl sites for hydroxylation is 1. The number of aromatic nitrogens is 2. The molecule has 0 fully saturated rings. The third kappa shape index (κ3) is 2.43. The average molecular weight is 271 g/mol. The summed E-state index contributed by atoms with van der Waals surface area (Å²) >= 11 is 0. The van der Waals surface area contributed by atoms with Crippen molar-refractivity contribution in [2.45, 2.75) is 31.9 Å². The smallest absolute Gasteiger partial charge is 0.146 e. The molecule has 4 heteroatoms. The zero-order chi connectivity index (χ0) is 13.9. The van der Waals surface area contributed by atoms with E-state index in [9.17, 15) is 0 Å². The highest BCUT2D eigenvalue weighted by atomic mass is 16.5. The SMILES string of the molecule is CNC1CCCc2c(OCc3nccn3C)cccc21. The maximum Gasteiger partial charge on any atom is 0.146 e. The van der Waals surface area contributed by atoms with Crippen molar-refractivity contribution in [3.05, 3.63) is 47.5 Å². The number of hydrogen-bond acceptors (Lipinski definition) is 3. The van der Waals surface area contributed by atoms with Crippen molar-refractivity contribution in [3.8, 4) is 5.75 Å². The second-order valence-electron chi connectivity index (χ2n) is 5.30. The Balaban J connectivity index is 1.82. The van der Waals surface area contributed by atoms with Crippen LogP contribution in [0.3, 0.4) is 0 Å². The van der Waals surface area contributed by atoms with Crippen LogP contribution in [0.4, 0.5) is 0 Å². The standard InChI is InChI=1S/C16H21N3O/c1-17-14-7-3-6-13-12(14)5-4-8-15(13)20-11-16-18-9-10-19(16)2/h4-5,8-10,14,17H,3,6-7,11H2,1-2H3. The van der Waals surface area contributed by atoms with E-state index in [1.54, 1.807) is 6.20 Å². The fourth-order valence-corrected chi connectivity index (χ4v) is 2.93. The first kappa shape index (κ1) is 13.2. The third-order valence-corrected chi connectivity index (χ3v) is 4.09. The first-order valence-corrected chi connectivity index (χ1v) is 7.17. The zero-order valence-corrected chi connectivity index (χ0v) is 12.1. The van der Waals surface area contributed by atoms with Gasteiger partial charge in [-0.3, -0.25) is 0 Å². The van der Waals surface area contributed by atoms with Gasteiger partial charge >= 0.3 is 0 Å². The van der Waals surface area contributed by atoms with Gasteiger partial charge in [0.05, 0.1) is 0 Å². The number of benzene rings is 1. The van der Waals surface area contributed by atoms with Gasteiger partial charge < -0.3 is 14.6 Å². The van der Waals surface area contributed by atoms with Gasteiger partial charge in [-0.15, -0.1) is 0 Å². The van der Waals surface area contributed by atoms with E-state index < -0.39 is 0 Å². The number of nitrogens with one attached hydrogen (secondary N) is 1. The number of rotatable bonds is 4. The van der Waals surface area contributed by atoms with Crippen LogP contribution >= 0.6 is 0 Å². The Morgan fingerprint density at radius 3 is 3.10 bits per heavy atom. The molecule has 0 aliphatic heterocycles. The third-order valence-electron chi connectivity index (χ3n) is 4.09. The van der Waals surface area contributed by atoms with Crippen LogP contribution in [-0.2, 0) is 20.1 Å². The van der Waals surface area contributed by atoms with E-state index in [-0.39, 0.29) is 0 Å². The van der Waals surface area contributed by atoms with Crippen LogP contribution in [0, 0.1) is 0 Å². The van der Waals surface area contributed by atoms with Crippen molar-refractivity contribution >= 4 is 0 Å². The molecule has 3 rings (SSSR count). The number of fused-ring (bicyclic) bond motifs is 1. The molecule has 1 atom stereocenters. The van der Waals surface area contributed by atoms with Gasteiger partial charge in [-0.2, -0.15) is 0 Å². The summed E-state index contributed by atoms with van der Waals surface area (Å²) in [5.74, 6) is 1.95. The number of hydrogen-bond donors (Lipinski definition) is 1. The molecule has 1 N–H and O–H groups in total. The molecule has 20 heavy (non-hydrogen) atoms. The highest BCUT2D eigenvalue weighted by Crippen LogP contribution is 2.35. The molecule has 1 aromatic heterocycles. The molecule has 0 saturated carbocycles. The summed E-state index contributed by atoms with van der Waals surface area (Å²) in [6.07, 6.45) is 7.25.